The van der Waals surface area contributed by atoms with E-state index >= 15 is 0 Å². The summed E-state index contributed by atoms with van der Waals surface area (Å²) in [4.78, 5) is 22.7. The Hall–Kier alpha value is -1.37. The smallest absolute Gasteiger partial charge is 0.250 e. The van der Waals surface area contributed by atoms with Gasteiger partial charge in [-0.05, 0) is 32.5 Å². The summed E-state index contributed by atoms with van der Waals surface area (Å²) in [6.07, 6.45) is 4.08. The predicted molar refractivity (Wildman–Crippen MR) is 92.1 cm³/mol. The van der Waals surface area contributed by atoms with Crippen LogP contribution in [-0.2, 0) is 0 Å². The number of anilines is 1. The highest BCUT2D eigenvalue weighted by molar-refractivity contribution is 6.33. The third kappa shape index (κ3) is 3.76. The van der Waals surface area contributed by atoms with Crippen molar-refractivity contribution in [2.24, 2.45) is 5.73 Å². The molecule has 2 aliphatic heterocycles. The highest BCUT2D eigenvalue weighted by Crippen LogP contribution is 2.26. The number of amides is 1. The minimum absolute atomic E-state index is 0.350. The second-order valence-corrected chi connectivity index (χ2v) is 6.88. The monoisotopic (exact) mass is 337 g/mol. The van der Waals surface area contributed by atoms with Crippen molar-refractivity contribution in [3.05, 3.63) is 22.8 Å². The molecule has 1 aromatic heterocycles. The van der Waals surface area contributed by atoms with Gasteiger partial charge in [-0.3, -0.25) is 9.69 Å². The standard InChI is InChI=1S/C16H24ClN5O/c1-20-4-2-3-13(11-20)21-5-7-22(8-6-21)16-14(17)9-12(10-19-16)15(18)23/h9-10,13H,2-8,11H2,1H3,(H2,18,23). The Morgan fingerprint density at radius 2 is 2.04 bits per heavy atom. The van der Waals surface area contributed by atoms with Crippen molar-refractivity contribution in [3.63, 3.8) is 0 Å². The number of hydrogen-bond donors (Lipinski definition) is 1. The lowest BCUT2D eigenvalue weighted by atomic mass is 10.0. The largest absolute Gasteiger partial charge is 0.366 e. The highest BCUT2D eigenvalue weighted by Gasteiger charge is 2.27. The third-order valence-electron chi connectivity index (χ3n) is 4.84. The van der Waals surface area contributed by atoms with Crippen LogP contribution in [0.5, 0.6) is 0 Å². The maximum absolute atomic E-state index is 11.2. The first-order chi connectivity index (χ1) is 11.0. The topological polar surface area (TPSA) is 65.7 Å². The number of hydrogen-bond acceptors (Lipinski definition) is 5. The summed E-state index contributed by atoms with van der Waals surface area (Å²) in [5.41, 5.74) is 5.61. The fraction of sp³-hybridized carbons (Fsp3) is 0.625. The van der Waals surface area contributed by atoms with Gasteiger partial charge in [0.25, 0.3) is 0 Å². The highest BCUT2D eigenvalue weighted by atomic mass is 35.5. The molecule has 2 fully saturated rings. The van der Waals surface area contributed by atoms with Gasteiger partial charge in [0.1, 0.15) is 5.82 Å². The molecule has 23 heavy (non-hydrogen) atoms. The van der Waals surface area contributed by atoms with Crippen LogP contribution in [-0.4, -0.2) is 73.0 Å². The number of nitrogens with two attached hydrogens (primary N) is 1. The van der Waals surface area contributed by atoms with Gasteiger partial charge in [-0.15, -0.1) is 0 Å². The van der Waals surface area contributed by atoms with E-state index in [0.29, 0.717) is 16.6 Å². The van der Waals surface area contributed by atoms with Crippen LogP contribution in [0.1, 0.15) is 23.2 Å². The summed E-state index contributed by atoms with van der Waals surface area (Å²) in [5, 5.41) is 0.493. The molecule has 2 N–H and O–H groups in total. The Balaban J connectivity index is 1.61. The molecule has 1 aromatic rings. The molecule has 7 heteroatoms. The van der Waals surface area contributed by atoms with Crippen LogP contribution < -0.4 is 10.6 Å². The first-order valence-electron chi connectivity index (χ1n) is 8.17. The lowest BCUT2D eigenvalue weighted by molar-refractivity contribution is 0.0999. The zero-order valence-electron chi connectivity index (χ0n) is 13.5. The molecule has 0 aliphatic carbocycles. The maximum atomic E-state index is 11.2. The fourth-order valence-corrected chi connectivity index (χ4v) is 3.82. The van der Waals surface area contributed by atoms with Crippen molar-refractivity contribution in [2.75, 3.05) is 51.2 Å². The molecule has 1 amide bonds. The van der Waals surface area contributed by atoms with E-state index < -0.39 is 5.91 Å². The Kier molecular flexibility index (Phi) is 5.04. The normalized spacial score (nSPS) is 23.9. The number of piperazine rings is 1. The van der Waals surface area contributed by atoms with Gasteiger partial charge in [-0.25, -0.2) is 4.98 Å². The second-order valence-electron chi connectivity index (χ2n) is 6.47. The van der Waals surface area contributed by atoms with E-state index in [2.05, 4.69) is 26.7 Å². The molecule has 0 bridgehead atoms. The van der Waals surface area contributed by atoms with Crippen molar-refractivity contribution in [1.29, 1.82) is 0 Å². The average Bonchev–Trinajstić information content (AvgIpc) is 2.55. The molecule has 126 valence electrons. The first kappa shape index (κ1) is 16.5. The molecular weight excluding hydrogens is 314 g/mol. The van der Waals surface area contributed by atoms with Gasteiger partial charge < -0.3 is 15.5 Å². The van der Waals surface area contributed by atoms with Gasteiger partial charge in [-0.2, -0.15) is 0 Å². The number of likely N-dealkylation sites (tertiary alicyclic amines) is 1. The van der Waals surface area contributed by atoms with E-state index in [1.54, 1.807) is 6.07 Å². The zero-order chi connectivity index (χ0) is 16.4. The molecule has 0 aromatic carbocycles. The number of nitrogens with zero attached hydrogens (tertiary/aromatic N) is 4. The van der Waals surface area contributed by atoms with E-state index in [9.17, 15) is 4.79 Å². The Morgan fingerprint density at radius 1 is 1.30 bits per heavy atom. The Bertz CT molecular complexity index is 574. The Morgan fingerprint density at radius 3 is 2.65 bits per heavy atom. The van der Waals surface area contributed by atoms with Crippen LogP contribution in [0.25, 0.3) is 0 Å². The minimum Gasteiger partial charge on any atom is -0.366 e. The summed E-state index contributed by atoms with van der Waals surface area (Å²) in [6.45, 7) is 6.22. The number of carbonyl (C=O) groups excluding carboxylic acids is 1. The number of halogens is 1. The molecule has 3 rings (SSSR count). The molecular formula is C16H24ClN5O. The van der Waals surface area contributed by atoms with Crippen molar-refractivity contribution in [1.82, 2.24) is 14.8 Å². The summed E-state index contributed by atoms with van der Waals surface area (Å²) < 4.78 is 0. The van der Waals surface area contributed by atoms with Crippen LogP contribution >= 0.6 is 11.6 Å². The lowest BCUT2D eigenvalue weighted by Gasteiger charge is -2.43. The summed E-state index contributed by atoms with van der Waals surface area (Å²) >= 11 is 6.28. The number of likely N-dealkylation sites (N-methyl/N-ethyl adjacent to an activating group) is 1. The predicted octanol–water partition coefficient (Wildman–Crippen LogP) is 1.05. The van der Waals surface area contributed by atoms with Crippen LogP contribution in [0.15, 0.2) is 12.3 Å². The molecule has 0 saturated carbocycles. The number of pyridine rings is 1. The molecule has 1 atom stereocenters. The SMILES string of the molecule is CN1CCCC(N2CCN(c3ncc(C(N)=O)cc3Cl)CC2)C1. The van der Waals surface area contributed by atoms with Gasteiger partial charge in [0.05, 0.1) is 10.6 Å². The van der Waals surface area contributed by atoms with Crippen LogP contribution in [0.3, 0.4) is 0 Å². The third-order valence-corrected chi connectivity index (χ3v) is 5.11. The van der Waals surface area contributed by atoms with Crippen LogP contribution in [0, 0.1) is 0 Å². The summed E-state index contributed by atoms with van der Waals surface area (Å²) in [7, 11) is 2.20. The number of primary amides is 1. The van der Waals surface area contributed by atoms with Crippen LogP contribution in [0.2, 0.25) is 5.02 Å². The maximum Gasteiger partial charge on any atom is 0.250 e. The van der Waals surface area contributed by atoms with Gasteiger partial charge in [0.15, 0.2) is 0 Å². The number of piperidine rings is 1. The van der Waals surface area contributed by atoms with Crippen molar-refractivity contribution < 1.29 is 4.79 Å². The molecule has 3 heterocycles. The number of carbonyl (C=O) groups is 1. The fourth-order valence-electron chi connectivity index (χ4n) is 3.53. The van der Waals surface area contributed by atoms with Crippen molar-refractivity contribution in [2.45, 2.75) is 18.9 Å². The Labute approximate surface area is 142 Å². The van der Waals surface area contributed by atoms with Gasteiger partial charge in [0, 0.05) is 45.0 Å². The lowest BCUT2D eigenvalue weighted by Crippen LogP contribution is -2.54. The zero-order valence-corrected chi connectivity index (χ0v) is 14.3. The van der Waals surface area contributed by atoms with Gasteiger partial charge in [-0.1, -0.05) is 11.6 Å². The van der Waals surface area contributed by atoms with E-state index in [1.807, 2.05) is 0 Å². The van der Waals surface area contributed by atoms with Crippen molar-refractivity contribution >= 4 is 23.3 Å². The number of aromatic nitrogens is 1. The minimum atomic E-state index is -0.503. The van der Waals surface area contributed by atoms with Gasteiger partial charge >= 0.3 is 0 Å². The summed E-state index contributed by atoms with van der Waals surface area (Å²) in [6, 6.07) is 2.27. The average molecular weight is 338 g/mol. The van der Waals surface area contributed by atoms with Crippen molar-refractivity contribution in [3.8, 4) is 0 Å². The molecule has 0 radical (unpaired) electrons. The second kappa shape index (κ2) is 7.03. The number of rotatable bonds is 3. The first-order valence-corrected chi connectivity index (χ1v) is 8.55. The molecule has 2 saturated heterocycles. The van der Waals surface area contributed by atoms with E-state index in [0.717, 1.165) is 38.5 Å². The van der Waals surface area contributed by atoms with E-state index in [4.69, 9.17) is 17.3 Å². The van der Waals surface area contributed by atoms with E-state index in [1.165, 1.54) is 25.6 Å². The molecule has 0 spiro atoms. The van der Waals surface area contributed by atoms with E-state index in [-0.39, 0.29) is 0 Å². The molecule has 1 unspecified atom stereocenters. The quantitative estimate of drug-likeness (QED) is 0.893. The van der Waals surface area contributed by atoms with Crippen LogP contribution in [0.4, 0.5) is 5.82 Å². The molecule has 6 nitrogen and oxygen atoms in total. The summed E-state index contributed by atoms with van der Waals surface area (Å²) in [5.74, 6) is 0.245. The van der Waals surface area contributed by atoms with Gasteiger partial charge in [0.2, 0.25) is 5.91 Å². The molecule has 2 aliphatic rings.